The molecule has 88 valence electrons. The van der Waals surface area contributed by atoms with E-state index >= 15 is 0 Å². The SMILES string of the molecule is CC1=NN(c2ccccc2)C(=O)C1=CN(C)C. The van der Waals surface area contributed by atoms with Crippen LogP contribution >= 0.6 is 0 Å². The van der Waals surface area contributed by atoms with E-state index in [1.165, 1.54) is 5.01 Å². The molecule has 1 aromatic carbocycles. The second-order valence-electron chi connectivity index (χ2n) is 4.14. The summed E-state index contributed by atoms with van der Waals surface area (Å²) in [4.78, 5) is 14.0. The first-order valence-electron chi connectivity index (χ1n) is 5.43. The molecule has 0 saturated heterocycles. The lowest BCUT2D eigenvalue weighted by Crippen LogP contribution is -2.22. The summed E-state index contributed by atoms with van der Waals surface area (Å²) in [5.41, 5.74) is 2.17. The maximum atomic E-state index is 12.2. The largest absolute Gasteiger partial charge is 0.383 e. The van der Waals surface area contributed by atoms with E-state index in [2.05, 4.69) is 5.10 Å². The maximum Gasteiger partial charge on any atom is 0.282 e. The summed E-state index contributed by atoms with van der Waals surface area (Å²) in [6.45, 7) is 1.84. The van der Waals surface area contributed by atoms with Gasteiger partial charge in [0.05, 0.1) is 17.0 Å². The standard InChI is InChI=1S/C13H15N3O/c1-10-12(9-15(2)3)13(17)16(14-10)11-7-5-4-6-8-11/h4-9H,1-3H3. The molecular weight excluding hydrogens is 214 g/mol. The third-order valence-electron chi connectivity index (χ3n) is 2.45. The molecule has 1 aliphatic heterocycles. The molecule has 0 unspecified atom stereocenters. The Kier molecular flexibility index (Phi) is 2.95. The monoisotopic (exact) mass is 229 g/mol. The molecule has 0 fully saturated rings. The molecule has 1 aliphatic rings. The van der Waals surface area contributed by atoms with Crippen LogP contribution in [0.3, 0.4) is 0 Å². The summed E-state index contributed by atoms with van der Waals surface area (Å²) in [5, 5.41) is 5.71. The first-order valence-corrected chi connectivity index (χ1v) is 5.43. The number of para-hydroxylation sites is 1. The molecule has 0 N–H and O–H groups in total. The Morgan fingerprint density at radius 3 is 2.47 bits per heavy atom. The molecule has 0 spiro atoms. The van der Waals surface area contributed by atoms with Crippen molar-refractivity contribution >= 4 is 17.3 Å². The van der Waals surface area contributed by atoms with Crippen LogP contribution in [-0.4, -0.2) is 30.6 Å². The predicted octanol–water partition coefficient (Wildman–Crippen LogP) is 1.85. The van der Waals surface area contributed by atoms with Crippen LogP contribution in [0.1, 0.15) is 6.92 Å². The molecule has 1 aromatic rings. The molecular formula is C13H15N3O. The fourth-order valence-corrected chi connectivity index (χ4v) is 1.67. The van der Waals surface area contributed by atoms with E-state index in [9.17, 15) is 4.79 Å². The van der Waals surface area contributed by atoms with Gasteiger partial charge in [-0.2, -0.15) is 10.1 Å². The van der Waals surface area contributed by atoms with Crippen LogP contribution in [0.25, 0.3) is 0 Å². The van der Waals surface area contributed by atoms with Gasteiger partial charge in [-0.15, -0.1) is 0 Å². The smallest absolute Gasteiger partial charge is 0.282 e. The summed E-state index contributed by atoms with van der Waals surface area (Å²) < 4.78 is 0. The van der Waals surface area contributed by atoms with Crippen LogP contribution in [0.5, 0.6) is 0 Å². The van der Waals surface area contributed by atoms with Crippen molar-refractivity contribution in [3.8, 4) is 0 Å². The Hall–Kier alpha value is -2.10. The van der Waals surface area contributed by atoms with Gasteiger partial charge in [-0.05, 0) is 19.1 Å². The Bertz CT molecular complexity index is 489. The molecule has 17 heavy (non-hydrogen) atoms. The second-order valence-corrected chi connectivity index (χ2v) is 4.14. The zero-order valence-corrected chi connectivity index (χ0v) is 10.2. The van der Waals surface area contributed by atoms with Crippen LogP contribution in [-0.2, 0) is 4.79 Å². The van der Waals surface area contributed by atoms with Crippen LogP contribution in [0.15, 0.2) is 47.2 Å². The summed E-state index contributed by atoms with van der Waals surface area (Å²) >= 11 is 0. The van der Waals surface area contributed by atoms with Crippen molar-refractivity contribution < 1.29 is 4.79 Å². The van der Waals surface area contributed by atoms with E-state index in [0.717, 1.165) is 11.4 Å². The van der Waals surface area contributed by atoms with Gasteiger partial charge in [0, 0.05) is 20.3 Å². The Balaban J connectivity index is 2.34. The number of carbonyl (C=O) groups excluding carboxylic acids is 1. The van der Waals surface area contributed by atoms with Crippen molar-refractivity contribution in [2.24, 2.45) is 5.10 Å². The molecule has 1 amide bonds. The van der Waals surface area contributed by atoms with Gasteiger partial charge in [0.2, 0.25) is 0 Å². The van der Waals surface area contributed by atoms with Crippen LogP contribution < -0.4 is 5.01 Å². The van der Waals surface area contributed by atoms with Crippen molar-refractivity contribution in [1.29, 1.82) is 0 Å². The number of benzene rings is 1. The van der Waals surface area contributed by atoms with E-state index in [0.29, 0.717) is 5.57 Å². The number of hydrogen-bond acceptors (Lipinski definition) is 3. The van der Waals surface area contributed by atoms with Gasteiger partial charge in [0.25, 0.3) is 5.91 Å². The van der Waals surface area contributed by atoms with Gasteiger partial charge in [-0.3, -0.25) is 4.79 Å². The quantitative estimate of drug-likeness (QED) is 0.726. The lowest BCUT2D eigenvalue weighted by molar-refractivity contribution is -0.114. The number of nitrogens with zero attached hydrogens (tertiary/aromatic N) is 3. The topological polar surface area (TPSA) is 35.9 Å². The van der Waals surface area contributed by atoms with Gasteiger partial charge in [0.15, 0.2) is 0 Å². The molecule has 2 rings (SSSR count). The highest BCUT2D eigenvalue weighted by Crippen LogP contribution is 2.22. The molecule has 0 saturated carbocycles. The lowest BCUT2D eigenvalue weighted by atomic mass is 10.2. The number of carbonyl (C=O) groups is 1. The molecule has 0 bridgehead atoms. The van der Waals surface area contributed by atoms with E-state index in [4.69, 9.17) is 0 Å². The normalized spacial score (nSPS) is 17.6. The number of anilines is 1. The lowest BCUT2D eigenvalue weighted by Gasteiger charge is -2.11. The van der Waals surface area contributed by atoms with Gasteiger partial charge < -0.3 is 4.90 Å². The van der Waals surface area contributed by atoms with Crippen molar-refractivity contribution in [2.45, 2.75) is 6.92 Å². The minimum Gasteiger partial charge on any atom is -0.383 e. The highest BCUT2D eigenvalue weighted by atomic mass is 16.2. The number of rotatable bonds is 2. The third-order valence-corrected chi connectivity index (χ3v) is 2.45. The first-order chi connectivity index (χ1) is 8.09. The maximum absolute atomic E-state index is 12.2. The van der Waals surface area contributed by atoms with Gasteiger partial charge in [-0.25, -0.2) is 0 Å². The van der Waals surface area contributed by atoms with Gasteiger partial charge >= 0.3 is 0 Å². The van der Waals surface area contributed by atoms with Crippen LogP contribution in [0.4, 0.5) is 5.69 Å². The molecule has 0 aliphatic carbocycles. The average Bonchev–Trinajstić information content (AvgIpc) is 2.58. The third kappa shape index (κ3) is 2.20. The Morgan fingerprint density at radius 1 is 1.24 bits per heavy atom. The highest BCUT2D eigenvalue weighted by Gasteiger charge is 2.28. The van der Waals surface area contributed by atoms with E-state index < -0.39 is 0 Å². The van der Waals surface area contributed by atoms with Crippen molar-refractivity contribution in [2.75, 3.05) is 19.1 Å². The minimum atomic E-state index is -0.0811. The Labute approximate surface area is 101 Å². The summed E-state index contributed by atoms with van der Waals surface area (Å²) in [5.74, 6) is -0.0811. The molecule has 4 heteroatoms. The van der Waals surface area contributed by atoms with Crippen molar-refractivity contribution in [3.63, 3.8) is 0 Å². The van der Waals surface area contributed by atoms with Crippen molar-refractivity contribution in [1.82, 2.24) is 4.90 Å². The predicted molar refractivity (Wildman–Crippen MR) is 68.8 cm³/mol. The Morgan fingerprint density at radius 2 is 1.88 bits per heavy atom. The highest BCUT2D eigenvalue weighted by molar-refractivity contribution is 6.29. The summed E-state index contributed by atoms with van der Waals surface area (Å²) in [6, 6.07) is 9.43. The molecule has 0 atom stereocenters. The summed E-state index contributed by atoms with van der Waals surface area (Å²) in [7, 11) is 3.78. The molecule has 1 heterocycles. The second kappa shape index (κ2) is 4.41. The summed E-state index contributed by atoms with van der Waals surface area (Å²) in [6.07, 6.45) is 1.80. The fourth-order valence-electron chi connectivity index (χ4n) is 1.67. The minimum absolute atomic E-state index is 0.0811. The van der Waals surface area contributed by atoms with Crippen LogP contribution in [0, 0.1) is 0 Å². The average molecular weight is 229 g/mol. The van der Waals surface area contributed by atoms with Crippen LogP contribution in [0.2, 0.25) is 0 Å². The fraction of sp³-hybridized carbons (Fsp3) is 0.231. The van der Waals surface area contributed by atoms with Crippen molar-refractivity contribution in [3.05, 3.63) is 42.1 Å². The van der Waals surface area contributed by atoms with E-state index in [-0.39, 0.29) is 5.91 Å². The molecule has 4 nitrogen and oxygen atoms in total. The van der Waals surface area contributed by atoms with E-state index in [1.54, 1.807) is 6.20 Å². The van der Waals surface area contributed by atoms with Gasteiger partial charge in [-0.1, -0.05) is 18.2 Å². The van der Waals surface area contributed by atoms with Gasteiger partial charge in [0.1, 0.15) is 0 Å². The molecule has 0 radical (unpaired) electrons. The number of amides is 1. The number of hydrogen-bond donors (Lipinski definition) is 0. The molecule has 0 aromatic heterocycles. The zero-order valence-electron chi connectivity index (χ0n) is 10.2. The number of hydrazone groups is 1. The first kappa shape index (κ1) is 11.4. The zero-order chi connectivity index (χ0) is 12.4. The van der Waals surface area contributed by atoms with E-state index in [1.807, 2.05) is 56.3 Å².